The highest BCUT2D eigenvalue weighted by atomic mass is 19.4. The Bertz CT molecular complexity index is 1550. The summed E-state index contributed by atoms with van der Waals surface area (Å²) in [7, 11) is 1.55. The number of fused-ring (bicyclic) bond motifs is 1. The summed E-state index contributed by atoms with van der Waals surface area (Å²) in [4.78, 5) is 17.0. The molecular formula is C29H29F4N5O3. The van der Waals surface area contributed by atoms with Gasteiger partial charge in [-0.25, -0.2) is 8.91 Å². The number of nitrogens with one attached hydrogen (secondary N) is 1. The average Bonchev–Trinajstić information content (AvgIpc) is 3.26. The zero-order valence-electron chi connectivity index (χ0n) is 22.7. The second kappa shape index (κ2) is 11.2. The zero-order chi connectivity index (χ0) is 29.3. The van der Waals surface area contributed by atoms with E-state index in [1.807, 2.05) is 11.8 Å². The van der Waals surface area contributed by atoms with E-state index in [2.05, 4.69) is 20.1 Å². The number of piperazine rings is 1. The Morgan fingerprint density at radius 3 is 2.49 bits per heavy atom. The van der Waals surface area contributed by atoms with Gasteiger partial charge in [-0.05, 0) is 61.9 Å². The number of methoxy groups -OCH3 is 1. The Morgan fingerprint density at radius 1 is 1.07 bits per heavy atom. The molecule has 12 heteroatoms. The number of aromatic nitrogens is 2. The van der Waals surface area contributed by atoms with Crippen molar-refractivity contribution in [2.24, 2.45) is 0 Å². The number of hydrogen-bond donors (Lipinski definition) is 1. The number of nitrogens with zero attached hydrogens (tertiary/aromatic N) is 4. The van der Waals surface area contributed by atoms with Crippen LogP contribution in [0.4, 0.5) is 28.9 Å². The minimum Gasteiger partial charge on any atom is -0.497 e. The molecule has 2 aromatic carbocycles. The molecule has 0 unspecified atom stereocenters. The minimum atomic E-state index is -4.74. The fraction of sp³-hybridized carbons (Fsp3) is 0.310. The van der Waals surface area contributed by atoms with Gasteiger partial charge in [0, 0.05) is 50.2 Å². The number of rotatable bonds is 7. The molecule has 1 aliphatic heterocycles. The van der Waals surface area contributed by atoms with Crippen LogP contribution in [0.5, 0.6) is 11.5 Å². The van der Waals surface area contributed by atoms with E-state index in [1.54, 1.807) is 61.1 Å². The van der Waals surface area contributed by atoms with Gasteiger partial charge in [0.1, 0.15) is 17.3 Å². The Hall–Kier alpha value is -4.48. The Balaban J connectivity index is 1.21. The maximum atomic E-state index is 15.2. The first-order chi connectivity index (χ1) is 19.5. The maximum Gasteiger partial charge on any atom is 0.573 e. The van der Waals surface area contributed by atoms with Crippen molar-refractivity contribution in [2.45, 2.75) is 32.8 Å². The monoisotopic (exact) mass is 571 g/mol. The van der Waals surface area contributed by atoms with Crippen LogP contribution in [0.1, 0.15) is 28.5 Å². The number of ether oxygens (including phenoxy) is 2. The van der Waals surface area contributed by atoms with Crippen LogP contribution in [-0.2, 0) is 6.54 Å². The number of anilines is 2. The highest BCUT2D eigenvalue weighted by Gasteiger charge is 2.31. The van der Waals surface area contributed by atoms with Gasteiger partial charge in [-0.1, -0.05) is 6.07 Å². The standard InChI is InChI=1S/C29H29F4N5O3/c1-18-17-36(12-13-37(18)21-5-7-22(8-6-21)41-29(31,32)33)25-9-4-20(14-24(25)30)16-34-28(39)27-19(2)35-38-11-10-23(40-3)15-26(27)38/h4-11,14-15,18H,12-13,16-17H2,1-3H3,(H,34,39)/t18-/m0/s1. The van der Waals surface area contributed by atoms with Gasteiger partial charge in [-0.2, -0.15) is 5.10 Å². The van der Waals surface area contributed by atoms with Crippen LogP contribution in [0.15, 0.2) is 60.8 Å². The number of halogens is 4. The number of hydrogen-bond acceptors (Lipinski definition) is 6. The van der Waals surface area contributed by atoms with Crippen molar-refractivity contribution in [2.75, 3.05) is 36.5 Å². The lowest BCUT2D eigenvalue weighted by atomic mass is 10.1. The van der Waals surface area contributed by atoms with Gasteiger partial charge in [-0.3, -0.25) is 4.79 Å². The summed E-state index contributed by atoms with van der Waals surface area (Å²) < 4.78 is 63.4. The van der Waals surface area contributed by atoms with Crippen molar-refractivity contribution in [3.05, 3.63) is 83.4 Å². The van der Waals surface area contributed by atoms with Crippen molar-refractivity contribution >= 4 is 22.8 Å². The van der Waals surface area contributed by atoms with Crippen molar-refractivity contribution < 1.29 is 31.8 Å². The van der Waals surface area contributed by atoms with E-state index in [4.69, 9.17) is 4.74 Å². The number of alkyl halides is 3. The molecule has 1 amide bonds. The lowest BCUT2D eigenvalue weighted by molar-refractivity contribution is -0.274. The van der Waals surface area contributed by atoms with E-state index in [-0.39, 0.29) is 24.2 Å². The Morgan fingerprint density at radius 2 is 1.83 bits per heavy atom. The molecule has 216 valence electrons. The van der Waals surface area contributed by atoms with Crippen LogP contribution < -0.4 is 24.6 Å². The summed E-state index contributed by atoms with van der Waals surface area (Å²) >= 11 is 0. The Kier molecular flexibility index (Phi) is 7.65. The van der Waals surface area contributed by atoms with Crippen molar-refractivity contribution in [3.8, 4) is 11.5 Å². The van der Waals surface area contributed by atoms with Gasteiger partial charge in [0.2, 0.25) is 0 Å². The fourth-order valence-corrected chi connectivity index (χ4v) is 5.14. The van der Waals surface area contributed by atoms with Crippen LogP contribution in [0.2, 0.25) is 0 Å². The van der Waals surface area contributed by atoms with Crippen molar-refractivity contribution in [1.82, 2.24) is 14.9 Å². The molecule has 1 aliphatic rings. The number of amides is 1. The molecule has 2 aromatic heterocycles. The number of carbonyl (C=O) groups excluding carboxylic acids is 1. The molecule has 0 saturated carbocycles. The van der Waals surface area contributed by atoms with Crippen LogP contribution >= 0.6 is 0 Å². The highest BCUT2D eigenvalue weighted by Crippen LogP contribution is 2.29. The summed E-state index contributed by atoms with van der Waals surface area (Å²) in [5.41, 5.74) is 3.43. The summed E-state index contributed by atoms with van der Waals surface area (Å²) in [5.74, 6) is -0.395. The third-order valence-electron chi connectivity index (χ3n) is 7.08. The molecule has 0 spiro atoms. The molecule has 1 atom stereocenters. The van der Waals surface area contributed by atoms with E-state index < -0.39 is 12.2 Å². The van der Waals surface area contributed by atoms with Crippen LogP contribution in [0, 0.1) is 12.7 Å². The van der Waals surface area contributed by atoms with Gasteiger partial charge >= 0.3 is 6.36 Å². The van der Waals surface area contributed by atoms with E-state index in [9.17, 15) is 18.0 Å². The molecule has 1 fully saturated rings. The van der Waals surface area contributed by atoms with Gasteiger partial charge in [-0.15, -0.1) is 13.2 Å². The summed E-state index contributed by atoms with van der Waals surface area (Å²) in [6, 6.07) is 14.1. The van der Waals surface area contributed by atoms with Gasteiger partial charge < -0.3 is 24.6 Å². The first-order valence-electron chi connectivity index (χ1n) is 13.0. The SMILES string of the molecule is COc1ccn2nc(C)c(C(=O)NCc3ccc(N4CCN(c5ccc(OC(F)(F)F)cc5)[C@@H](C)C4)c(F)c3)c2c1. The minimum absolute atomic E-state index is 0.0239. The van der Waals surface area contributed by atoms with Crippen molar-refractivity contribution in [3.63, 3.8) is 0 Å². The number of benzene rings is 2. The molecule has 8 nitrogen and oxygen atoms in total. The predicted octanol–water partition coefficient (Wildman–Crippen LogP) is 5.33. The zero-order valence-corrected chi connectivity index (χ0v) is 22.7. The normalized spacial score (nSPS) is 15.7. The summed E-state index contributed by atoms with van der Waals surface area (Å²) in [6.07, 6.45) is -3.02. The third kappa shape index (κ3) is 6.16. The van der Waals surface area contributed by atoms with E-state index >= 15 is 4.39 Å². The fourth-order valence-electron chi connectivity index (χ4n) is 5.14. The molecule has 0 aliphatic carbocycles. The second-order valence-electron chi connectivity index (χ2n) is 9.86. The summed E-state index contributed by atoms with van der Waals surface area (Å²) in [6.45, 7) is 5.46. The molecule has 0 bridgehead atoms. The molecule has 4 aromatic rings. The van der Waals surface area contributed by atoms with Crippen molar-refractivity contribution in [1.29, 1.82) is 0 Å². The Labute approximate surface area is 234 Å². The maximum absolute atomic E-state index is 15.2. The van der Waals surface area contributed by atoms with E-state index in [0.29, 0.717) is 53.4 Å². The molecular weight excluding hydrogens is 542 g/mol. The number of carbonyl (C=O) groups is 1. The average molecular weight is 572 g/mol. The molecule has 5 rings (SSSR count). The van der Waals surface area contributed by atoms with E-state index in [1.165, 1.54) is 18.2 Å². The lowest BCUT2D eigenvalue weighted by Crippen LogP contribution is -2.52. The predicted molar refractivity (Wildman–Crippen MR) is 146 cm³/mol. The topological polar surface area (TPSA) is 71.3 Å². The number of pyridine rings is 1. The van der Waals surface area contributed by atoms with Crippen LogP contribution in [-0.4, -0.2) is 54.7 Å². The molecule has 1 saturated heterocycles. The third-order valence-corrected chi connectivity index (χ3v) is 7.08. The second-order valence-corrected chi connectivity index (χ2v) is 9.86. The van der Waals surface area contributed by atoms with E-state index in [0.717, 1.165) is 5.69 Å². The van der Waals surface area contributed by atoms with Gasteiger partial charge in [0.25, 0.3) is 5.91 Å². The van der Waals surface area contributed by atoms with Gasteiger partial charge in [0.05, 0.1) is 29.6 Å². The number of aryl methyl sites for hydroxylation is 1. The first-order valence-corrected chi connectivity index (χ1v) is 13.0. The lowest BCUT2D eigenvalue weighted by Gasteiger charge is -2.42. The summed E-state index contributed by atoms with van der Waals surface area (Å²) in [5, 5.41) is 7.23. The van der Waals surface area contributed by atoms with Gasteiger partial charge in [0.15, 0.2) is 0 Å². The van der Waals surface area contributed by atoms with Crippen LogP contribution in [0.3, 0.4) is 0 Å². The molecule has 3 heterocycles. The largest absolute Gasteiger partial charge is 0.573 e. The highest BCUT2D eigenvalue weighted by molar-refractivity contribution is 6.02. The molecule has 1 N–H and O–H groups in total. The van der Waals surface area contributed by atoms with Crippen LogP contribution in [0.25, 0.3) is 5.52 Å². The quantitative estimate of drug-likeness (QED) is 0.303. The molecule has 0 radical (unpaired) electrons. The molecule has 41 heavy (non-hydrogen) atoms. The first kappa shape index (κ1) is 28.1. The smallest absolute Gasteiger partial charge is 0.497 e.